The van der Waals surface area contributed by atoms with Crippen molar-refractivity contribution in [1.82, 2.24) is 4.98 Å². The number of carbonyl (C=O) groups excluding carboxylic acids is 1. The molecule has 1 fully saturated rings. The van der Waals surface area contributed by atoms with E-state index in [0.717, 1.165) is 36.6 Å². The lowest BCUT2D eigenvalue weighted by Gasteiger charge is -2.36. The number of ether oxygens (including phenoxy) is 1. The molecule has 0 spiro atoms. The summed E-state index contributed by atoms with van der Waals surface area (Å²) in [4.78, 5) is 19.4. The molecule has 1 N–H and O–H groups in total. The van der Waals surface area contributed by atoms with Crippen LogP contribution in [0, 0.1) is 18.6 Å². The van der Waals surface area contributed by atoms with Crippen LogP contribution in [0.1, 0.15) is 29.8 Å². The monoisotopic (exact) mass is 437 g/mol. The lowest BCUT2D eigenvalue weighted by molar-refractivity contribution is -0.00546. The number of hydrogen-bond acceptors (Lipinski definition) is 4. The van der Waals surface area contributed by atoms with Gasteiger partial charge in [0.2, 0.25) is 0 Å². The zero-order chi connectivity index (χ0) is 22.8. The molecule has 7 heteroatoms. The summed E-state index contributed by atoms with van der Waals surface area (Å²) < 4.78 is 32.7. The maximum absolute atomic E-state index is 13.7. The molecule has 3 aromatic rings. The summed E-state index contributed by atoms with van der Waals surface area (Å²) in [6.07, 6.45) is 1.80. The molecule has 1 aliphatic rings. The van der Waals surface area contributed by atoms with Crippen LogP contribution in [0.25, 0.3) is 11.1 Å². The second-order valence-corrected chi connectivity index (χ2v) is 8.13. The first-order chi connectivity index (χ1) is 15.3. The maximum atomic E-state index is 13.7. The first-order valence-electron chi connectivity index (χ1n) is 10.5. The fourth-order valence-corrected chi connectivity index (χ4v) is 4.01. The van der Waals surface area contributed by atoms with Gasteiger partial charge in [0.25, 0.3) is 5.91 Å². The van der Waals surface area contributed by atoms with Gasteiger partial charge in [0.1, 0.15) is 5.82 Å². The van der Waals surface area contributed by atoms with Crippen molar-refractivity contribution in [3.63, 3.8) is 0 Å². The average Bonchev–Trinajstić information content (AvgIpc) is 2.76. The molecule has 1 saturated heterocycles. The largest absolute Gasteiger partial charge is 0.372 e. The van der Waals surface area contributed by atoms with E-state index in [1.54, 1.807) is 30.5 Å². The molecule has 2 heterocycles. The molecule has 2 aromatic carbocycles. The Morgan fingerprint density at radius 1 is 1.06 bits per heavy atom. The van der Waals surface area contributed by atoms with Crippen LogP contribution in [0.2, 0.25) is 0 Å². The number of morpholine rings is 1. The molecule has 4 rings (SSSR count). The number of anilines is 2. The van der Waals surface area contributed by atoms with Gasteiger partial charge in [-0.25, -0.2) is 13.8 Å². The minimum absolute atomic E-state index is 0.119. The third-order valence-corrected chi connectivity index (χ3v) is 5.57. The van der Waals surface area contributed by atoms with Crippen molar-refractivity contribution in [3.05, 3.63) is 77.5 Å². The standard InChI is InChI=1S/C25H25F2N3O2/c1-15-13-30(14-16(2)32-15)24-10-8-19(12-28-24)25(31)29-23-6-4-5-20(17(23)3)18-7-9-21(26)22(27)11-18/h4-12,15-16H,13-14H2,1-3H3,(H,29,31)/t15-,16+. The Labute approximate surface area is 186 Å². The fourth-order valence-electron chi connectivity index (χ4n) is 4.01. The topological polar surface area (TPSA) is 54.5 Å². The van der Waals surface area contributed by atoms with E-state index in [1.807, 2.05) is 26.8 Å². The maximum Gasteiger partial charge on any atom is 0.257 e. The Bertz CT molecular complexity index is 1120. The van der Waals surface area contributed by atoms with E-state index < -0.39 is 11.6 Å². The number of hydrogen-bond donors (Lipinski definition) is 1. The van der Waals surface area contributed by atoms with Gasteiger partial charge in [-0.2, -0.15) is 0 Å². The Hall–Kier alpha value is -3.32. The molecule has 1 aromatic heterocycles. The van der Waals surface area contributed by atoms with Crippen molar-refractivity contribution in [2.24, 2.45) is 0 Å². The van der Waals surface area contributed by atoms with Gasteiger partial charge in [0.05, 0.1) is 17.8 Å². The number of benzene rings is 2. The van der Waals surface area contributed by atoms with Crippen LogP contribution in [0.15, 0.2) is 54.7 Å². The number of nitrogens with one attached hydrogen (secondary N) is 1. The molecule has 166 valence electrons. The minimum Gasteiger partial charge on any atom is -0.372 e. The lowest BCUT2D eigenvalue weighted by Crippen LogP contribution is -2.45. The summed E-state index contributed by atoms with van der Waals surface area (Å²) in [6.45, 7) is 7.38. The van der Waals surface area contributed by atoms with E-state index in [1.165, 1.54) is 6.07 Å². The van der Waals surface area contributed by atoms with Crippen molar-refractivity contribution in [3.8, 4) is 11.1 Å². The molecule has 0 aliphatic carbocycles. The minimum atomic E-state index is -0.911. The molecule has 0 unspecified atom stereocenters. The number of halogens is 2. The first-order valence-corrected chi connectivity index (χ1v) is 10.5. The van der Waals surface area contributed by atoms with Gasteiger partial charge in [-0.3, -0.25) is 4.79 Å². The predicted octanol–water partition coefficient (Wildman–Crippen LogP) is 5.20. The highest BCUT2D eigenvalue weighted by atomic mass is 19.2. The van der Waals surface area contributed by atoms with E-state index in [9.17, 15) is 13.6 Å². The van der Waals surface area contributed by atoms with Gasteiger partial charge in [0.15, 0.2) is 11.6 Å². The Morgan fingerprint density at radius 2 is 1.81 bits per heavy atom. The summed E-state index contributed by atoms with van der Waals surface area (Å²) in [7, 11) is 0. The van der Waals surface area contributed by atoms with Gasteiger partial charge < -0.3 is 15.0 Å². The molecule has 0 bridgehead atoms. The smallest absolute Gasteiger partial charge is 0.257 e. The van der Waals surface area contributed by atoms with Crippen LogP contribution in [0.5, 0.6) is 0 Å². The molecule has 32 heavy (non-hydrogen) atoms. The van der Waals surface area contributed by atoms with E-state index in [4.69, 9.17) is 4.74 Å². The number of amides is 1. The molecule has 2 atom stereocenters. The number of carbonyl (C=O) groups is 1. The normalized spacial score (nSPS) is 18.5. The summed E-state index contributed by atoms with van der Waals surface area (Å²) in [5.74, 6) is -1.29. The highest BCUT2D eigenvalue weighted by Crippen LogP contribution is 2.30. The number of aromatic nitrogens is 1. The van der Waals surface area contributed by atoms with E-state index in [-0.39, 0.29) is 18.1 Å². The van der Waals surface area contributed by atoms with E-state index in [2.05, 4.69) is 15.2 Å². The van der Waals surface area contributed by atoms with Crippen molar-refractivity contribution < 1.29 is 18.3 Å². The fraction of sp³-hybridized carbons (Fsp3) is 0.280. The molecule has 1 aliphatic heterocycles. The van der Waals surface area contributed by atoms with Gasteiger partial charge in [-0.15, -0.1) is 0 Å². The van der Waals surface area contributed by atoms with Crippen LogP contribution in [0.4, 0.5) is 20.3 Å². The van der Waals surface area contributed by atoms with Crippen LogP contribution >= 0.6 is 0 Å². The number of nitrogens with zero attached hydrogens (tertiary/aromatic N) is 2. The molecule has 0 radical (unpaired) electrons. The number of pyridine rings is 1. The second-order valence-electron chi connectivity index (χ2n) is 8.13. The first kappa shape index (κ1) is 21.9. The molecule has 0 saturated carbocycles. The van der Waals surface area contributed by atoms with Crippen LogP contribution in [0.3, 0.4) is 0 Å². The highest BCUT2D eigenvalue weighted by molar-refractivity contribution is 6.05. The van der Waals surface area contributed by atoms with Crippen molar-refractivity contribution >= 4 is 17.4 Å². The highest BCUT2D eigenvalue weighted by Gasteiger charge is 2.23. The van der Waals surface area contributed by atoms with Crippen LogP contribution in [-0.4, -0.2) is 36.2 Å². The number of rotatable bonds is 4. The predicted molar refractivity (Wildman–Crippen MR) is 121 cm³/mol. The van der Waals surface area contributed by atoms with Gasteiger partial charge in [0, 0.05) is 25.0 Å². The summed E-state index contributed by atoms with van der Waals surface area (Å²) in [5.41, 5.74) is 3.04. The van der Waals surface area contributed by atoms with Crippen LogP contribution in [-0.2, 0) is 4.74 Å². The van der Waals surface area contributed by atoms with Gasteiger partial charge in [-0.1, -0.05) is 18.2 Å². The lowest BCUT2D eigenvalue weighted by atomic mass is 9.99. The molecular formula is C25H25F2N3O2. The Morgan fingerprint density at radius 3 is 2.47 bits per heavy atom. The second kappa shape index (κ2) is 9.04. The summed E-state index contributed by atoms with van der Waals surface area (Å²) >= 11 is 0. The summed E-state index contributed by atoms with van der Waals surface area (Å²) in [5, 5.41) is 2.90. The van der Waals surface area contributed by atoms with E-state index in [0.29, 0.717) is 22.4 Å². The van der Waals surface area contributed by atoms with Crippen molar-refractivity contribution in [2.45, 2.75) is 33.0 Å². The molecular weight excluding hydrogens is 412 g/mol. The van der Waals surface area contributed by atoms with Crippen LogP contribution < -0.4 is 10.2 Å². The Balaban J connectivity index is 1.51. The third kappa shape index (κ3) is 4.62. The quantitative estimate of drug-likeness (QED) is 0.610. The molecule has 5 nitrogen and oxygen atoms in total. The average molecular weight is 437 g/mol. The van der Waals surface area contributed by atoms with Crippen molar-refractivity contribution in [2.75, 3.05) is 23.3 Å². The summed E-state index contributed by atoms with van der Waals surface area (Å²) in [6, 6.07) is 12.7. The van der Waals surface area contributed by atoms with E-state index >= 15 is 0 Å². The van der Waals surface area contributed by atoms with Gasteiger partial charge >= 0.3 is 0 Å². The molecule has 1 amide bonds. The van der Waals surface area contributed by atoms with Gasteiger partial charge in [-0.05, 0) is 67.8 Å². The zero-order valence-corrected chi connectivity index (χ0v) is 18.2. The zero-order valence-electron chi connectivity index (χ0n) is 18.2. The Kier molecular flexibility index (Phi) is 6.19. The van der Waals surface area contributed by atoms with Crippen molar-refractivity contribution in [1.29, 1.82) is 0 Å². The SMILES string of the molecule is Cc1c(NC(=O)c2ccc(N3C[C@@H](C)O[C@@H](C)C3)nc2)cccc1-c1ccc(F)c(F)c1. The third-order valence-electron chi connectivity index (χ3n) is 5.57.